The van der Waals surface area contributed by atoms with E-state index in [0.29, 0.717) is 36.6 Å². The first-order chi connectivity index (χ1) is 15.4. The molecule has 3 aromatic rings. The van der Waals surface area contributed by atoms with Gasteiger partial charge in [-0.05, 0) is 47.9 Å². The largest absolute Gasteiger partial charge is 0.497 e. The summed E-state index contributed by atoms with van der Waals surface area (Å²) in [5, 5.41) is 4.73. The number of anilines is 1. The van der Waals surface area contributed by atoms with Crippen LogP contribution < -0.4 is 14.8 Å². The highest BCUT2D eigenvalue weighted by Gasteiger charge is 2.33. The lowest BCUT2D eigenvalue weighted by molar-refractivity contribution is -0.120. The molecule has 1 heterocycles. The minimum atomic E-state index is -3.70. The highest BCUT2D eigenvalue weighted by atomic mass is 32.2. The van der Waals surface area contributed by atoms with Gasteiger partial charge in [-0.2, -0.15) is 4.31 Å². The van der Waals surface area contributed by atoms with Crippen molar-refractivity contribution < 1.29 is 22.7 Å². The second-order valence-electron chi connectivity index (χ2n) is 7.77. The Morgan fingerprint density at radius 3 is 2.53 bits per heavy atom. The second kappa shape index (κ2) is 9.18. The number of methoxy groups -OCH3 is 2. The maximum atomic E-state index is 13.3. The van der Waals surface area contributed by atoms with Gasteiger partial charge in [0.15, 0.2) is 0 Å². The van der Waals surface area contributed by atoms with E-state index in [1.807, 2.05) is 30.3 Å². The minimum absolute atomic E-state index is 0.138. The molecule has 1 fully saturated rings. The number of rotatable bonds is 6. The molecule has 1 atom stereocenters. The summed E-state index contributed by atoms with van der Waals surface area (Å²) >= 11 is 0. The Morgan fingerprint density at radius 1 is 1.00 bits per heavy atom. The van der Waals surface area contributed by atoms with Gasteiger partial charge in [0.2, 0.25) is 15.9 Å². The molecule has 32 heavy (non-hydrogen) atoms. The zero-order valence-corrected chi connectivity index (χ0v) is 18.9. The van der Waals surface area contributed by atoms with E-state index < -0.39 is 15.9 Å². The van der Waals surface area contributed by atoms with Crippen LogP contribution in [0.3, 0.4) is 0 Å². The first-order valence-corrected chi connectivity index (χ1v) is 11.9. The number of benzene rings is 3. The number of nitrogens with zero attached hydrogens (tertiary/aromatic N) is 1. The van der Waals surface area contributed by atoms with Crippen LogP contribution in [-0.2, 0) is 14.8 Å². The van der Waals surface area contributed by atoms with Crippen LogP contribution in [0.15, 0.2) is 65.6 Å². The number of carbonyl (C=O) groups is 1. The number of amides is 1. The molecule has 0 bridgehead atoms. The molecule has 7 nitrogen and oxygen atoms in total. The van der Waals surface area contributed by atoms with Crippen molar-refractivity contribution in [2.75, 3.05) is 32.6 Å². The fraction of sp³-hybridized carbons (Fsp3) is 0.292. The number of piperidine rings is 1. The summed E-state index contributed by atoms with van der Waals surface area (Å²) in [6.07, 6.45) is 1.23. The van der Waals surface area contributed by atoms with Crippen molar-refractivity contribution in [1.82, 2.24) is 4.31 Å². The standard InChI is InChI=1S/C24H26N2O5S/c1-30-20-10-12-22(23(15-20)31-2)25-24(27)19-8-5-13-26(16-19)32(28,29)21-11-9-17-6-3-4-7-18(17)14-21/h3-4,6-7,9-12,14-15,19H,5,8,13,16H2,1-2H3,(H,25,27)/t19-/m0/s1. The second-order valence-corrected chi connectivity index (χ2v) is 9.70. The topological polar surface area (TPSA) is 84.9 Å². The maximum absolute atomic E-state index is 13.3. The van der Waals surface area contributed by atoms with Gasteiger partial charge in [-0.25, -0.2) is 8.42 Å². The number of fused-ring (bicyclic) bond motifs is 1. The van der Waals surface area contributed by atoms with Gasteiger partial charge >= 0.3 is 0 Å². The molecule has 1 aliphatic rings. The smallest absolute Gasteiger partial charge is 0.243 e. The molecule has 0 spiro atoms. The molecule has 0 saturated carbocycles. The fourth-order valence-corrected chi connectivity index (χ4v) is 5.55. The van der Waals surface area contributed by atoms with Gasteiger partial charge in [-0.1, -0.05) is 30.3 Å². The summed E-state index contributed by atoms with van der Waals surface area (Å²) in [5.74, 6) is 0.414. The molecule has 8 heteroatoms. The summed E-state index contributed by atoms with van der Waals surface area (Å²) in [5.41, 5.74) is 0.521. The number of nitrogens with one attached hydrogen (secondary N) is 1. The normalized spacial score (nSPS) is 17.1. The van der Waals surface area contributed by atoms with Crippen LogP contribution in [-0.4, -0.2) is 45.9 Å². The Balaban J connectivity index is 1.51. The monoisotopic (exact) mass is 454 g/mol. The fourth-order valence-electron chi connectivity index (χ4n) is 3.99. The van der Waals surface area contributed by atoms with Crippen molar-refractivity contribution in [3.8, 4) is 11.5 Å². The highest BCUT2D eigenvalue weighted by molar-refractivity contribution is 7.89. The first-order valence-electron chi connectivity index (χ1n) is 10.4. The lowest BCUT2D eigenvalue weighted by Gasteiger charge is -2.31. The summed E-state index contributed by atoms with van der Waals surface area (Å²) in [6, 6.07) is 17.9. The molecule has 0 radical (unpaired) electrons. The molecule has 1 amide bonds. The van der Waals surface area contributed by atoms with E-state index in [1.165, 1.54) is 11.4 Å². The maximum Gasteiger partial charge on any atom is 0.243 e. The first kappa shape index (κ1) is 22.1. The molecule has 0 unspecified atom stereocenters. The summed E-state index contributed by atoms with van der Waals surface area (Å²) < 4.78 is 38.5. The summed E-state index contributed by atoms with van der Waals surface area (Å²) in [6.45, 7) is 0.532. The van der Waals surface area contributed by atoms with Crippen LogP contribution in [0.25, 0.3) is 10.8 Å². The van der Waals surface area contributed by atoms with E-state index >= 15 is 0 Å². The van der Waals surface area contributed by atoms with Gasteiger partial charge < -0.3 is 14.8 Å². The summed E-state index contributed by atoms with van der Waals surface area (Å²) in [7, 11) is -0.631. The molecule has 168 valence electrons. The van der Waals surface area contributed by atoms with Crippen molar-refractivity contribution in [1.29, 1.82) is 0 Å². The highest BCUT2D eigenvalue weighted by Crippen LogP contribution is 2.31. The van der Waals surface area contributed by atoms with Gasteiger partial charge in [0.1, 0.15) is 11.5 Å². The van der Waals surface area contributed by atoms with Gasteiger partial charge in [-0.3, -0.25) is 4.79 Å². The molecular formula is C24H26N2O5S. The Bertz CT molecular complexity index is 1240. The molecule has 1 aliphatic heterocycles. The Kier molecular flexibility index (Phi) is 6.34. The van der Waals surface area contributed by atoms with Crippen LogP contribution in [0.5, 0.6) is 11.5 Å². The molecule has 3 aromatic carbocycles. The lowest BCUT2D eigenvalue weighted by Crippen LogP contribution is -2.43. The lowest BCUT2D eigenvalue weighted by atomic mass is 9.98. The molecule has 1 N–H and O–H groups in total. The number of hydrogen-bond acceptors (Lipinski definition) is 5. The van der Waals surface area contributed by atoms with Crippen LogP contribution in [0.4, 0.5) is 5.69 Å². The molecule has 0 aromatic heterocycles. The van der Waals surface area contributed by atoms with Crippen molar-refractivity contribution in [2.24, 2.45) is 5.92 Å². The van der Waals surface area contributed by atoms with Crippen LogP contribution in [0.1, 0.15) is 12.8 Å². The Labute approximate surface area is 188 Å². The van der Waals surface area contributed by atoms with E-state index in [-0.39, 0.29) is 17.3 Å². The van der Waals surface area contributed by atoms with E-state index in [4.69, 9.17) is 9.47 Å². The molecule has 0 aliphatic carbocycles. The van der Waals surface area contributed by atoms with Gasteiger partial charge in [0, 0.05) is 19.2 Å². The zero-order valence-electron chi connectivity index (χ0n) is 18.1. The third-order valence-corrected chi connectivity index (χ3v) is 7.64. The number of hydrogen-bond donors (Lipinski definition) is 1. The van der Waals surface area contributed by atoms with E-state index in [9.17, 15) is 13.2 Å². The van der Waals surface area contributed by atoms with Gasteiger partial charge in [-0.15, -0.1) is 0 Å². The SMILES string of the molecule is COc1ccc(NC(=O)[C@H]2CCCN(S(=O)(=O)c3ccc4ccccc4c3)C2)c(OC)c1. The molecular weight excluding hydrogens is 428 g/mol. The zero-order chi connectivity index (χ0) is 22.7. The van der Waals surface area contributed by atoms with Crippen LogP contribution in [0, 0.1) is 5.92 Å². The van der Waals surface area contributed by atoms with E-state index in [2.05, 4.69) is 5.32 Å². The summed E-state index contributed by atoms with van der Waals surface area (Å²) in [4.78, 5) is 13.2. The predicted molar refractivity (Wildman–Crippen MR) is 124 cm³/mol. The predicted octanol–water partition coefficient (Wildman–Crippen LogP) is 3.90. The van der Waals surface area contributed by atoms with E-state index in [1.54, 1.807) is 37.4 Å². The third-order valence-electron chi connectivity index (χ3n) is 5.78. The Morgan fingerprint density at radius 2 is 1.78 bits per heavy atom. The van der Waals surface area contributed by atoms with Crippen molar-refractivity contribution >= 4 is 32.4 Å². The number of ether oxygens (including phenoxy) is 2. The quantitative estimate of drug-likeness (QED) is 0.611. The van der Waals surface area contributed by atoms with Crippen molar-refractivity contribution in [2.45, 2.75) is 17.7 Å². The van der Waals surface area contributed by atoms with E-state index in [0.717, 1.165) is 10.8 Å². The molecule has 4 rings (SSSR count). The van der Waals surface area contributed by atoms with Crippen molar-refractivity contribution in [3.05, 3.63) is 60.7 Å². The van der Waals surface area contributed by atoms with Gasteiger partial charge in [0.25, 0.3) is 0 Å². The Hall–Kier alpha value is -3.10. The minimum Gasteiger partial charge on any atom is -0.497 e. The molecule has 1 saturated heterocycles. The number of carbonyl (C=O) groups excluding carboxylic acids is 1. The van der Waals surface area contributed by atoms with Gasteiger partial charge in [0.05, 0.1) is 30.7 Å². The third kappa shape index (κ3) is 4.42. The number of sulfonamides is 1. The average molecular weight is 455 g/mol. The van der Waals surface area contributed by atoms with Crippen molar-refractivity contribution in [3.63, 3.8) is 0 Å². The van der Waals surface area contributed by atoms with Crippen LogP contribution >= 0.6 is 0 Å². The average Bonchev–Trinajstić information content (AvgIpc) is 2.84. The van der Waals surface area contributed by atoms with Crippen LogP contribution in [0.2, 0.25) is 0 Å².